The Morgan fingerprint density at radius 3 is 2.21 bits per heavy atom. The molecule has 0 aliphatic carbocycles. The molecule has 2 amide bonds. The van der Waals surface area contributed by atoms with Crippen LogP contribution in [0.3, 0.4) is 0 Å². The molecule has 2 aromatic carbocycles. The van der Waals surface area contributed by atoms with Crippen LogP contribution in [0, 0.1) is 0 Å². The van der Waals surface area contributed by atoms with Crippen LogP contribution in [-0.2, 0) is 11.2 Å². The quantitative estimate of drug-likeness (QED) is 0.541. The van der Waals surface area contributed by atoms with Crippen molar-refractivity contribution < 1.29 is 19.1 Å². The molecular weight excluding hydrogens is 356 g/mol. The molecule has 0 spiro atoms. The fourth-order valence-corrected chi connectivity index (χ4v) is 2.47. The number of rotatable bonds is 8. The van der Waals surface area contributed by atoms with E-state index in [2.05, 4.69) is 10.9 Å². The zero-order valence-electron chi connectivity index (χ0n) is 16.5. The van der Waals surface area contributed by atoms with Gasteiger partial charge in [0.25, 0.3) is 11.8 Å². The van der Waals surface area contributed by atoms with Crippen molar-refractivity contribution in [2.24, 2.45) is 0 Å². The lowest BCUT2D eigenvalue weighted by Gasteiger charge is -2.11. The third-order valence-corrected chi connectivity index (χ3v) is 3.92. The van der Waals surface area contributed by atoms with Crippen molar-refractivity contribution in [2.75, 3.05) is 13.2 Å². The predicted molar refractivity (Wildman–Crippen MR) is 109 cm³/mol. The minimum atomic E-state index is -0.439. The van der Waals surface area contributed by atoms with Gasteiger partial charge in [-0.25, -0.2) is 0 Å². The smallest absolute Gasteiger partial charge is 0.269 e. The Kier molecular flexibility index (Phi) is 8.09. The van der Waals surface area contributed by atoms with E-state index in [1.54, 1.807) is 30.3 Å². The maximum absolute atomic E-state index is 12.1. The van der Waals surface area contributed by atoms with E-state index in [1.807, 2.05) is 39.0 Å². The summed E-state index contributed by atoms with van der Waals surface area (Å²) in [6.07, 6.45) is 3.88. The molecule has 28 heavy (non-hydrogen) atoms. The van der Waals surface area contributed by atoms with Gasteiger partial charge in [0.15, 0.2) is 11.5 Å². The first-order valence-electron chi connectivity index (χ1n) is 9.34. The van der Waals surface area contributed by atoms with Crippen LogP contribution in [0.2, 0.25) is 0 Å². The molecule has 0 radical (unpaired) electrons. The average molecular weight is 382 g/mol. The lowest BCUT2D eigenvalue weighted by molar-refractivity contribution is -0.117. The molecule has 0 aliphatic rings. The largest absolute Gasteiger partial charge is 0.490 e. The molecule has 0 fully saturated rings. The normalized spacial score (nSPS) is 10.5. The molecule has 0 saturated carbocycles. The van der Waals surface area contributed by atoms with E-state index in [4.69, 9.17) is 9.47 Å². The van der Waals surface area contributed by atoms with Crippen LogP contribution in [0.1, 0.15) is 42.3 Å². The van der Waals surface area contributed by atoms with E-state index in [-0.39, 0.29) is 5.91 Å². The van der Waals surface area contributed by atoms with Crippen molar-refractivity contribution in [3.63, 3.8) is 0 Å². The molecule has 2 rings (SSSR count). The third kappa shape index (κ3) is 6.16. The van der Waals surface area contributed by atoms with Gasteiger partial charge in [-0.2, -0.15) is 0 Å². The second-order valence-electron chi connectivity index (χ2n) is 5.90. The average Bonchev–Trinajstić information content (AvgIpc) is 2.72. The molecular formula is C22H26N2O4. The van der Waals surface area contributed by atoms with Crippen LogP contribution < -0.4 is 20.3 Å². The Balaban J connectivity index is 1.93. The zero-order chi connectivity index (χ0) is 20.4. The summed E-state index contributed by atoms with van der Waals surface area (Å²) >= 11 is 0. The molecule has 6 heteroatoms. The van der Waals surface area contributed by atoms with Crippen molar-refractivity contribution in [2.45, 2.75) is 27.2 Å². The maximum atomic E-state index is 12.1. The second-order valence-corrected chi connectivity index (χ2v) is 5.90. The highest BCUT2D eigenvalue weighted by Gasteiger charge is 2.07. The molecule has 148 valence electrons. The van der Waals surface area contributed by atoms with Crippen LogP contribution in [0.5, 0.6) is 11.5 Å². The molecule has 6 nitrogen and oxygen atoms in total. The van der Waals surface area contributed by atoms with Crippen molar-refractivity contribution in [3.05, 3.63) is 65.2 Å². The predicted octanol–water partition coefficient (Wildman–Crippen LogP) is 3.52. The lowest BCUT2D eigenvalue weighted by atomic mass is 10.1. The fourth-order valence-electron chi connectivity index (χ4n) is 2.47. The highest BCUT2D eigenvalue weighted by molar-refractivity contribution is 5.97. The second kappa shape index (κ2) is 10.8. The molecule has 0 aromatic heterocycles. The summed E-state index contributed by atoms with van der Waals surface area (Å²) in [5.74, 6) is 0.470. The molecule has 0 aliphatic heterocycles. The van der Waals surface area contributed by atoms with Gasteiger partial charge in [-0.15, -0.1) is 0 Å². The third-order valence-electron chi connectivity index (χ3n) is 3.92. The Morgan fingerprint density at radius 2 is 1.57 bits per heavy atom. The molecule has 2 aromatic rings. The molecule has 0 bridgehead atoms. The number of hydrogen-bond acceptors (Lipinski definition) is 4. The van der Waals surface area contributed by atoms with E-state index in [9.17, 15) is 9.59 Å². The summed E-state index contributed by atoms with van der Waals surface area (Å²) in [6, 6.07) is 12.7. The number of carbonyl (C=O) groups excluding carboxylic acids is 2. The molecule has 0 saturated heterocycles. The van der Waals surface area contributed by atoms with Gasteiger partial charge in [-0.1, -0.05) is 25.1 Å². The number of ether oxygens (including phenoxy) is 2. The van der Waals surface area contributed by atoms with Crippen LogP contribution in [0.4, 0.5) is 0 Å². The fraction of sp³-hybridized carbons (Fsp3) is 0.273. The SMILES string of the molecule is CCOc1ccc(/C=C/C(=O)NNC(=O)c2ccc(CC)cc2)cc1OCC. The Hall–Kier alpha value is -3.28. The van der Waals surface area contributed by atoms with Gasteiger partial charge >= 0.3 is 0 Å². The number of hydrogen-bond donors (Lipinski definition) is 2. The molecule has 0 unspecified atom stereocenters. The summed E-state index contributed by atoms with van der Waals surface area (Å²) in [4.78, 5) is 24.0. The Labute approximate surface area is 165 Å². The van der Waals surface area contributed by atoms with Gasteiger partial charge in [0.2, 0.25) is 0 Å². The minimum Gasteiger partial charge on any atom is -0.490 e. The Morgan fingerprint density at radius 1 is 0.893 bits per heavy atom. The van der Waals surface area contributed by atoms with Gasteiger partial charge in [0.05, 0.1) is 13.2 Å². The number of nitrogens with one attached hydrogen (secondary N) is 2. The lowest BCUT2D eigenvalue weighted by Crippen LogP contribution is -2.40. The van der Waals surface area contributed by atoms with E-state index in [0.29, 0.717) is 30.3 Å². The monoisotopic (exact) mass is 382 g/mol. The van der Waals surface area contributed by atoms with Crippen LogP contribution in [0.15, 0.2) is 48.5 Å². The number of aryl methyl sites for hydroxylation is 1. The van der Waals surface area contributed by atoms with Gasteiger partial charge < -0.3 is 9.47 Å². The van der Waals surface area contributed by atoms with Crippen molar-refractivity contribution in [1.29, 1.82) is 0 Å². The summed E-state index contributed by atoms with van der Waals surface area (Å²) < 4.78 is 11.1. The maximum Gasteiger partial charge on any atom is 0.269 e. The van der Waals surface area contributed by atoms with Gasteiger partial charge in [0, 0.05) is 11.6 Å². The topological polar surface area (TPSA) is 76.7 Å². The van der Waals surface area contributed by atoms with E-state index < -0.39 is 5.91 Å². The van der Waals surface area contributed by atoms with Crippen LogP contribution >= 0.6 is 0 Å². The van der Waals surface area contributed by atoms with Gasteiger partial charge in [-0.3, -0.25) is 20.4 Å². The summed E-state index contributed by atoms with van der Waals surface area (Å²) in [6.45, 7) is 6.89. The standard InChI is InChI=1S/C22H26N2O4/c1-4-16-7-11-18(12-8-16)22(26)24-23-21(25)14-10-17-9-13-19(27-5-2)20(15-17)28-6-3/h7-15H,4-6H2,1-3H3,(H,23,25)(H,24,26)/b14-10+. The molecule has 2 N–H and O–H groups in total. The van der Waals surface area contributed by atoms with E-state index >= 15 is 0 Å². The van der Waals surface area contributed by atoms with Crippen LogP contribution in [-0.4, -0.2) is 25.0 Å². The number of benzene rings is 2. The number of amides is 2. The summed E-state index contributed by atoms with van der Waals surface area (Å²) in [7, 11) is 0. The summed E-state index contributed by atoms with van der Waals surface area (Å²) in [5.41, 5.74) is 7.17. The van der Waals surface area contributed by atoms with E-state index in [1.165, 1.54) is 6.08 Å². The van der Waals surface area contributed by atoms with Gasteiger partial charge in [0.1, 0.15) is 0 Å². The molecule has 0 atom stereocenters. The summed E-state index contributed by atoms with van der Waals surface area (Å²) in [5, 5.41) is 0. The van der Waals surface area contributed by atoms with Crippen molar-refractivity contribution in [3.8, 4) is 11.5 Å². The zero-order valence-corrected chi connectivity index (χ0v) is 16.5. The first-order chi connectivity index (χ1) is 13.6. The highest BCUT2D eigenvalue weighted by Crippen LogP contribution is 2.28. The van der Waals surface area contributed by atoms with Crippen molar-refractivity contribution in [1.82, 2.24) is 10.9 Å². The first-order valence-corrected chi connectivity index (χ1v) is 9.34. The van der Waals surface area contributed by atoms with Crippen molar-refractivity contribution >= 4 is 17.9 Å². The van der Waals surface area contributed by atoms with E-state index in [0.717, 1.165) is 17.5 Å². The highest BCUT2D eigenvalue weighted by atomic mass is 16.5. The minimum absolute atomic E-state index is 0.371. The first kappa shape index (κ1) is 21.0. The molecule has 0 heterocycles. The Bertz CT molecular complexity index is 829. The van der Waals surface area contributed by atoms with Gasteiger partial charge in [-0.05, 0) is 61.7 Å². The number of hydrazine groups is 1. The van der Waals surface area contributed by atoms with Crippen LogP contribution in [0.25, 0.3) is 6.08 Å². The number of carbonyl (C=O) groups is 2.